The third-order valence-electron chi connectivity index (χ3n) is 3.97. The molecule has 3 rings (SSSR count). The van der Waals surface area contributed by atoms with Crippen LogP contribution in [0.3, 0.4) is 0 Å². The van der Waals surface area contributed by atoms with E-state index in [1.165, 1.54) is 18.2 Å². The molecular weight excluding hydrogens is 335 g/mol. The van der Waals surface area contributed by atoms with Gasteiger partial charge in [0.25, 0.3) is 5.56 Å². The molecule has 1 aromatic heterocycles. The summed E-state index contributed by atoms with van der Waals surface area (Å²) in [6, 6.07) is 13.0. The van der Waals surface area contributed by atoms with Crippen molar-refractivity contribution in [3.8, 4) is 5.75 Å². The Hall–Kier alpha value is -3.15. The molecule has 5 nitrogen and oxygen atoms in total. The van der Waals surface area contributed by atoms with Gasteiger partial charge in [-0.15, -0.1) is 0 Å². The highest BCUT2D eigenvalue weighted by molar-refractivity contribution is 5.92. The van der Waals surface area contributed by atoms with Crippen LogP contribution in [0.4, 0.5) is 10.1 Å². The molecule has 26 heavy (non-hydrogen) atoms. The topological polar surface area (TPSA) is 71.2 Å². The molecule has 6 heteroatoms. The summed E-state index contributed by atoms with van der Waals surface area (Å²) in [6.07, 6.45) is 0.384. The van der Waals surface area contributed by atoms with Crippen LogP contribution in [0.15, 0.2) is 53.3 Å². The number of amides is 1. The van der Waals surface area contributed by atoms with Gasteiger partial charge in [-0.05, 0) is 49.7 Å². The zero-order chi connectivity index (χ0) is 18.5. The van der Waals surface area contributed by atoms with Crippen molar-refractivity contribution in [2.24, 2.45) is 0 Å². The van der Waals surface area contributed by atoms with E-state index < -0.39 is 0 Å². The van der Waals surface area contributed by atoms with Crippen LogP contribution in [0.25, 0.3) is 10.9 Å². The molecule has 0 atom stereocenters. The number of benzene rings is 2. The molecular formula is C20H19FN2O3. The second kappa shape index (κ2) is 7.82. The van der Waals surface area contributed by atoms with Gasteiger partial charge in [0.1, 0.15) is 11.6 Å². The number of fused-ring (bicyclic) bond motifs is 1. The van der Waals surface area contributed by atoms with Crippen LogP contribution in [-0.2, 0) is 11.2 Å². The second-order valence-electron chi connectivity index (χ2n) is 5.83. The van der Waals surface area contributed by atoms with Crippen molar-refractivity contribution in [2.75, 3.05) is 11.9 Å². The Kier molecular flexibility index (Phi) is 5.31. The molecule has 1 amide bonds. The number of pyridine rings is 1. The standard InChI is InChI=1S/C20H19FN2O3/c1-2-26-18-6-4-3-5-17(18)22-19(24)10-7-13-11-14-12-15(21)8-9-16(14)23-20(13)25/h3-6,8-9,11-12H,2,7,10H2,1H3,(H,22,24)(H,23,25). The molecule has 134 valence electrons. The number of anilines is 1. The molecule has 0 aliphatic rings. The minimum atomic E-state index is -0.374. The molecule has 0 radical (unpaired) electrons. The Balaban J connectivity index is 1.71. The Morgan fingerprint density at radius 1 is 1.19 bits per heavy atom. The second-order valence-corrected chi connectivity index (χ2v) is 5.83. The van der Waals surface area contributed by atoms with Crippen LogP contribution >= 0.6 is 0 Å². The van der Waals surface area contributed by atoms with Gasteiger partial charge in [0.15, 0.2) is 0 Å². The van der Waals surface area contributed by atoms with Gasteiger partial charge in [0.2, 0.25) is 5.91 Å². The highest BCUT2D eigenvalue weighted by Gasteiger charge is 2.10. The molecule has 2 aromatic carbocycles. The molecule has 0 bridgehead atoms. The lowest BCUT2D eigenvalue weighted by Crippen LogP contribution is -2.17. The average molecular weight is 354 g/mol. The summed E-state index contributed by atoms with van der Waals surface area (Å²) in [5.74, 6) is -0.000886. The zero-order valence-corrected chi connectivity index (χ0v) is 14.3. The summed E-state index contributed by atoms with van der Waals surface area (Å²) in [7, 11) is 0. The number of nitrogens with one attached hydrogen (secondary N) is 2. The number of carbonyl (C=O) groups is 1. The molecule has 0 aliphatic carbocycles. The van der Waals surface area contributed by atoms with E-state index in [-0.39, 0.29) is 30.1 Å². The number of ether oxygens (including phenoxy) is 1. The maximum absolute atomic E-state index is 13.4. The number of hydrogen-bond acceptors (Lipinski definition) is 3. The van der Waals surface area contributed by atoms with Gasteiger partial charge in [-0.25, -0.2) is 4.39 Å². The van der Waals surface area contributed by atoms with Crippen LogP contribution in [-0.4, -0.2) is 17.5 Å². The van der Waals surface area contributed by atoms with Crippen molar-refractivity contribution in [2.45, 2.75) is 19.8 Å². The van der Waals surface area contributed by atoms with Crippen molar-refractivity contribution in [3.05, 3.63) is 70.3 Å². The summed E-state index contributed by atoms with van der Waals surface area (Å²) >= 11 is 0. The van der Waals surface area contributed by atoms with Crippen molar-refractivity contribution >= 4 is 22.5 Å². The number of aromatic amines is 1. The fourth-order valence-corrected chi connectivity index (χ4v) is 2.72. The smallest absolute Gasteiger partial charge is 0.251 e. The molecule has 0 fully saturated rings. The van der Waals surface area contributed by atoms with Crippen LogP contribution in [0, 0.1) is 5.82 Å². The molecule has 0 aliphatic heterocycles. The van der Waals surface area contributed by atoms with Crippen molar-refractivity contribution in [1.82, 2.24) is 4.98 Å². The van der Waals surface area contributed by atoms with E-state index in [0.717, 1.165) is 0 Å². The molecule has 3 aromatic rings. The minimum Gasteiger partial charge on any atom is -0.492 e. The maximum atomic E-state index is 13.4. The predicted octanol–water partition coefficient (Wildman–Crippen LogP) is 3.64. The summed E-state index contributed by atoms with van der Waals surface area (Å²) in [5.41, 5.74) is 1.33. The minimum absolute atomic E-state index is 0.129. The Bertz CT molecular complexity index is 998. The van der Waals surface area contributed by atoms with Crippen LogP contribution < -0.4 is 15.6 Å². The fraction of sp³-hybridized carbons (Fsp3) is 0.200. The van der Waals surface area contributed by atoms with Crippen molar-refractivity contribution in [3.63, 3.8) is 0 Å². The number of rotatable bonds is 6. The Morgan fingerprint density at radius 2 is 2.00 bits per heavy atom. The van der Waals surface area contributed by atoms with E-state index in [4.69, 9.17) is 4.74 Å². The molecule has 0 spiro atoms. The van der Waals surface area contributed by atoms with Crippen LogP contribution in [0.1, 0.15) is 18.9 Å². The van der Waals surface area contributed by atoms with Gasteiger partial charge in [-0.2, -0.15) is 0 Å². The number of hydrogen-bond donors (Lipinski definition) is 2. The largest absolute Gasteiger partial charge is 0.492 e. The lowest BCUT2D eigenvalue weighted by molar-refractivity contribution is -0.116. The van der Waals surface area contributed by atoms with E-state index in [1.807, 2.05) is 13.0 Å². The van der Waals surface area contributed by atoms with Gasteiger partial charge in [-0.1, -0.05) is 12.1 Å². The van der Waals surface area contributed by atoms with Crippen molar-refractivity contribution < 1.29 is 13.9 Å². The van der Waals surface area contributed by atoms with E-state index in [0.29, 0.717) is 34.5 Å². The molecule has 0 saturated heterocycles. The molecule has 0 unspecified atom stereocenters. The summed E-state index contributed by atoms with van der Waals surface area (Å²) in [5, 5.41) is 3.39. The average Bonchev–Trinajstić information content (AvgIpc) is 2.62. The monoisotopic (exact) mass is 354 g/mol. The third kappa shape index (κ3) is 4.08. The molecule has 0 saturated carbocycles. The SMILES string of the molecule is CCOc1ccccc1NC(=O)CCc1cc2cc(F)ccc2[nH]c1=O. The third-order valence-corrected chi connectivity index (χ3v) is 3.97. The highest BCUT2D eigenvalue weighted by atomic mass is 19.1. The van der Waals surface area contributed by atoms with Gasteiger partial charge in [-0.3, -0.25) is 9.59 Å². The van der Waals surface area contributed by atoms with E-state index in [1.54, 1.807) is 24.3 Å². The first-order valence-electron chi connectivity index (χ1n) is 8.40. The summed E-state index contributed by atoms with van der Waals surface area (Å²) in [6.45, 7) is 2.36. The van der Waals surface area contributed by atoms with E-state index >= 15 is 0 Å². The van der Waals surface area contributed by atoms with E-state index in [2.05, 4.69) is 10.3 Å². The number of para-hydroxylation sites is 2. The number of halogens is 1. The quantitative estimate of drug-likeness (QED) is 0.710. The maximum Gasteiger partial charge on any atom is 0.251 e. The number of H-pyrrole nitrogens is 1. The number of aryl methyl sites for hydroxylation is 1. The van der Waals surface area contributed by atoms with Gasteiger partial charge < -0.3 is 15.0 Å². The van der Waals surface area contributed by atoms with Gasteiger partial charge >= 0.3 is 0 Å². The van der Waals surface area contributed by atoms with Crippen LogP contribution in [0.2, 0.25) is 0 Å². The van der Waals surface area contributed by atoms with Gasteiger partial charge in [0, 0.05) is 22.9 Å². The molecule has 2 N–H and O–H groups in total. The summed E-state index contributed by atoms with van der Waals surface area (Å²) in [4.78, 5) is 27.1. The normalized spacial score (nSPS) is 10.7. The van der Waals surface area contributed by atoms with Crippen LogP contribution in [0.5, 0.6) is 5.75 Å². The van der Waals surface area contributed by atoms with Gasteiger partial charge in [0.05, 0.1) is 12.3 Å². The first kappa shape index (κ1) is 17.7. The predicted molar refractivity (Wildman–Crippen MR) is 99.1 cm³/mol. The van der Waals surface area contributed by atoms with Crippen molar-refractivity contribution in [1.29, 1.82) is 0 Å². The highest BCUT2D eigenvalue weighted by Crippen LogP contribution is 2.24. The number of aromatic nitrogens is 1. The number of carbonyl (C=O) groups excluding carboxylic acids is 1. The summed E-state index contributed by atoms with van der Waals surface area (Å²) < 4.78 is 18.8. The zero-order valence-electron chi connectivity index (χ0n) is 14.3. The Labute approximate surface area is 149 Å². The van der Waals surface area contributed by atoms with E-state index in [9.17, 15) is 14.0 Å². The fourth-order valence-electron chi connectivity index (χ4n) is 2.72. The first-order chi connectivity index (χ1) is 12.6. The lowest BCUT2D eigenvalue weighted by atomic mass is 10.1. The lowest BCUT2D eigenvalue weighted by Gasteiger charge is -2.11. The molecule has 1 heterocycles. The Morgan fingerprint density at radius 3 is 2.81 bits per heavy atom. The first-order valence-corrected chi connectivity index (χ1v) is 8.40.